The van der Waals surface area contributed by atoms with E-state index in [9.17, 15) is 0 Å². The van der Waals surface area contributed by atoms with Gasteiger partial charge in [-0.1, -0.05) is 6.07 Å². The molecule has 18 heavy (non-hydrogen) atoms. The Bertz CT molecular complexity index is 430. The van der Waals surface area contributed by atoms with Gasteiger partial charge in [0.05, 0.1) is 11.4 Å². The van der Waals surface area contributed by atoms with E-state index in [0.29, 0.717) is 6.04 Å². The lowest BCUT2D eigenvalue weighted by Gasteiger charge is -2.35. The van der Waals surface area contributed by atoms with Crippen LogP contribution in [0, 0.1) is 6.92 Å². The second-order valence-electron chi connectivity index (χ2n) is 5.79. The molecule has 2 atom stereocenters. The summed E-state index contributed by atoms with van der Waals surface area (Å²) in [6, 6.07) is 7.63. The summed E-state index contributed by atoms with van der Waals surface area (Å²) >= 11 is 0. The number of nitrogens with zero attached hydrogens (tertiary/aromatic N) is 1. The predicted octanol–water partition coefficient (Wildman–Crippen LogP) is 2.62. The highest BCUT2D eigenvalue weighted by Crippen LogP contribution is 2.30. The summed E-state index contributed by atoms with van der Waals surface area (Å²) in [6.45, 7) is 4.67. The van der Waals surface area contributed by atoms with E-state index in [1.54, 1.807) is 0 Å². The fourth-order valence-corrected chi connectivity index (χ4v) is 3.37. The molecule has 2 heterocycles. The van der Waals surface area contributed by atoms with Crippen molar-refractivity contribution in [3.05, 3.63) is 23.8 Å². The molecule has 3 heteroatoms. The molecule has 0 saturated carbocycles. The van der Waals surface area contributed by atoms with E-state index in [0.717, 1.165) is 17.4 Å². The zero-order valence-corrected chi connectivity index (χ0v) is 11.2. The van der Waals surface area contributed by atoms with Crippen LogP contribution in [-0.2, 0) is 0 Å². The highest BCUT2D eigenvalue weighted by atomic mass is 15.2. The van der Waals surface area contributed by atoms with Crippen molar-refractivity contribution < 1.29 is 0 Å². The first-order valence-corrected chi connectivity index (χ1v) is 7.09. The number of nitrogens with two attached hydrogens (primary N) is 1. The summed E-state index contributed by atoms with van der Waals surface area (Å²) in [6.07, 6.45) is 5.27. The van der Waals surface area contributed by atoms with Crippen LogP contribution in [-0.4, -0.2) is 30.1 Å². The third-order valence-electron chi connectivity index (χ3n) is 4.39. The molecule has 0 amide bonds. The van der Waals surface area contributed by atoms with Crippen LogP contribution in [0.3, 0.4) is 0 Å². The van der Waals surface area contributed by atoms with Gasteiger partial charge in [0.25, 0.3) is 0 Å². The van der Waals surface area contributed by atoms with Crippen LogP contribution in [0.1, 0.15) is 31.2 Å². The number of hydrogen-bond acceptors (Lipinski definition) is 3. The second kappa shape index (κ2) is 4.81. The third-order valence-corrected chi connectivity index (χ3v) is 4.39. The molecule has 2 saturated heterocycles. The molecule has 0 spiro atoms. The van der Waals surface area contributed by atoms with E-state index in [1.807, 2.05) is 6.07 Å². The second-order valence-corrected chi connectivity index (χ2v) is 5.79. The maximum Gasteiger partial charge on any atom is 0.0578 e. The number of nitrogen functional groups attached to an aromatic ring is 1. The Balaban J connectivity index is 1.67. The third kappa shape index (κ3) is 2.32. The summed E-state index contributed by atoms with van der Waals surface area (Å²) in [5.41, 5.74) is 9.30. The van der Waals surface area contributed by atoms with Gasteiger partial charge < -0.3 is 16.0 Å². The number of rotatable bonds is 2. The average molecular weight is 245 g/mol. The van der Waals surface area contributed by atoms with E-state index >= 15 is 0 Å². The Hall–Kier alpha value is -1.22. The van der Waals surface area contributed by atoms with Crippen LogP contribution >= 0.6 is 0 Å². The molecule has 0 bridgehead atoms. The summed E-state index contributed by atoms with van der Waals surface area (Å²) in [5, 5.41) is 3.65. The highest BCUT2D eigenvalue weighted by Gasteiger charge is 2.31. The number of hydrogen-bond donors (Lipinski definition) is 2. The van der Waals surface area contributed by atoms with Gasteiger partial charge in [-0.3, -0.25) is 0 Å². The van der Waals surface area contributed by atoms with E-state index < -0.39 is 0 Å². The van der Waals surface area contributed by atoms with Gasteiger partial charge in [-0.15, -0.1) is 0 Å². The van der Waals surface area contributed by atoms with Gasteiger partial charge in [-0.2, -0.15) is 0 Å². The Labute approximate surface area is 109 Å². The van der Waals surface area contributed by atoms with Gasteiger partial charge in [-0.25, -0.2) is 0 Å². The smallest absolute Gasteiger partial charge is 0.0578 e. The zero-order chi connectivity index (χ0) is 12.5. The average Bonchev–Trinajstić information content (AvgIpc) is 2.81. The van der Waals surface area contributed by atoms with Gasteiger partial charge in [0, 0.05) is 18.6 Å². The van der Waals surface area contributed by atoms with Crippen molar-refractivity contribution >= 4 is 11.4 Å². The molecule has 2 aliphatic rings. The van der Waals surface area contributed by atoms with Crippen LogP contribution in [0.25, 0.3) is 0 Å². The van der Waals surface area contributed by atoms with Gasteiger partial charge in [-0.05, 0) is 56.8 Å². The van der Waals surface area contributed by atoms with E-state index in [4.69, 9.17) is 5.73 Å². The van der Waals surface area contributed by atoms with Gasteiger partial charge in [0.15, 0.2) is 0 Å². The number of benzene rings is 1. The fourth-order valence-electron chi connectivity index (χ4n) is 3.37. The van der Waals surface area contributed by atoms with E-state index in [-0.39, 0.29) is 0 Å². The minimum absolute atomic E-state index is 0.591. The quantitative estimate of drug-likeness (QED) is 0.787. The Morgan fingerprint density at radius 3 is 3.06 bits per heavy atom. The first kappa shape index (κ1) is 11.8. The largest absolute Gasteiger partial charge is 0.397 e. The van der Waals surface area contributed by atoms with E-state index in [2.05, 4.69) is 29.3 Å². The zero-order valence-electron chi connectivity index (χ0n) is 11.2. The molecule has 3 nitrogen and oxygen atoms in total. The van der Waals surface area contributed by atoms with Crippen LogP contribution in [0.2, 0.25) is 0 Å². The van der Waals surface area contributed by atoms with Crippen LogP contribution < -0.4 is 11.1 Å². The summed E-state index contributed by atoms with van der Waals surface area (Å²) in [5.74, 6) is 0. The van der Waals surface area contributed by atoms with Crippen molar-refractivity contribution in [1.82, 2.24) is 4.90 Å². The van der Waals surface area contributed by atoms with Crippen LogP contribution in [0.5, 0.6) is 0 Å². The summed E-state index contributed by atoms with van der Waals surface area (Å²) in [7, 11) is 0. The first-order valence-electron chi connectivity index (χ1n) is 7.09. The molecule has 2 fully saturated rings. The molecular formula is C15H23N3. The molecule has 1 aromatic rings. The van der Waals surface area contributed by atoms with Gasteiger partial charge in [0.2, 0.25) is 0 Å². The molecule has 3 N–H and O–H groups in total. The predicted molar refractivity (Wildman–Crippen MR) is 76.8 cm³/mol. The highest BCUT2D eigenvalue weighted by molar-refractivity contribution is 5.67. The van der Waals surface area contributed by atoms with Crippen molar-refractivity contribution in [1.29, 1.82) is 0 Å². The number of aryl methyl sites for hydroxylation is 1. The van der Waals surface area contributed by atoms with E-state index in [1.165, 1.54) is 44.3 Å². The maximum atomic E-state index is 6.04. The minimum Gasteiger partial charge on any atom is -0.397 e. The molecule has 1 aromatic carbocycles. The maximum absolute atomic E-state index is 6.04. The fraction of sp³-hybridized carbons (Fsp3) is 0.600. The number of fused-ring (bicyclic) bond motifs is 1. The van der Waals surface area contributed by atoms with Crippen molar-refractivity contribution in [2.75, 3.05) is 24.1 Å². The topological polar surface area (TPSA) is 41.3 Å². The van der Waals surface area contributed by atoms with Crippen molar-refractivity contribution in [3.8, 4) is 0 Å². The Morgan fingerprint density at radius 1 is 1.28 bits per heavy atom. The lowest BCUT2D eigenvalue weighted by Crippen LogP contribution is -2.42. The van der Waals surface area contributed by atoms with Gasteiger partial charge in [0.1, 0.15) is 0 Å². The molecule has 0 aliphatic carbocycles. The standard InChI is InChI=1S/C15H23N3/c1-11-4-5-14(16)15(9-11)17-12-6-8-18-7-2-3-13(18)10-12/h4-5,9,12-13,17H,2-3,6-8,10,16H2,1H3. The Morgan fingerprint density at radius 2 is 2.17 bits per heavy atom. The number of nitrogens with one attached hydrogen (secondary N) is 1. The molecule has 2 aliphatic heterocycles. The first-order chi connectivity index (χ1) is 8.72. The number of piperidine rings is 1. The molecular weight excluding hydrogens is 222 g/mol. The van der Waals surface area contributed by atoms with Gasteiger partial charge >= 0.3 is 0 Å². The van der Waals surface area contributed by atoms with Crippen LogP contribution in [0.4, 0.5) is 11.4 Å². The van der Waals surface area contributed by atoms with Crippen LogP contribution in [0.15, 0.2) is 18.2 Å². The summed E-state index contributed by atoms with van der Waals surface area (Å²) in [4.78, 5) is 2.65. The molecule has 2 unspecified atom stereocenters. The molecule has 98 valence electrons. The van der Waals surface area contributed by atoms with Crippen molar-refractivity contribution in [3.63, 3.8) is 0 Å². The molecule has 0 radical (unpaired) electrons. The minimum atomic E-state index is 0.591. The Kier molecular flexibility index (Phi) is 3.16. The SMILES string of the molecule is Cc1ccc(N)c(NC2CCN3CCCC3C2)c1. The lowest BCUT2D eigenvalue weighted by atomic mass is 9.97. The molecule has 3 rings (SSSR count). The molecule has 0 aromatic heterocycles. The normalized spacial score (nSPS) is 28.1. The lowest BCUT2D eigenvalue weighted by molar-refractivity contribution is 0.188. The number of anilines is 2. The van der Waals surface area contributed by atoms with Crippen molar-refractivity contribution in [2.45, 2.75) is 44.7 Å². The monoisotopic (exact) mass is 245 g/mol. The summed E-state index contributed by atoms with van der Waals surface area (Å²) < 4.78 is 0. The van der Waals surface area contributed by atoms with Crippen molar-refractivity contribution in [2.24, 2.45) is 0 Å².